The molecule has 1 N–H and O–H groups in total. The summed E-state index contributed by atoms with van der Waals surface area (Å²) in [7, 11) is 0. The Balaban J connectivity index is 1.55. The van der Waals surface area contributed by atoms with Crippen LogP contribution in [0.2, 0.25) is 0 Å². The molecule has 25 heavy (non-hydrogen) atoms. The zero-order chi connectivity index (χ0) is 17.8. The van der Waals surface area contributed by atoms with Gasteiger partial charge in [0.25, 0.3) is 0 Å². The standard InChI is InChI=1S/C24H42O/c1-16(15-17(2)25)20-10-11-21-19-9-8-18-7-5-6-13-23(18,3)22(19)12-14-24(20,21)4/h16-22,25H,5-15H2,1-4H3/t16-,17?,18-,19+,20-,21+,22+,23+,24-/m1/s1. The zero-order valence-electron chi connectivity index (χ0n) is 17.3. The van der Waals surface area contributed by atoms with E-state index in [4.69, 9.17) is 0 Å². The molecule has 144 valence electrons. The van der Waals surface area contributed by atoms with E-state index in [-0.39, 0.29) is 6.10 Å². The third-order valence-corrected chi connectivity index (χ3v) is 10.1. The van der Waals surface area contributed by atoms with Crippen LogP contribution in [0.1, 0.15) is 98.3 Å². The summed E-state index contributed by atoms with van der Waals surface area (Å²) < 4.78 is 0. The molecule has 1 heteroatoms. The van der Waals surface area contributed by atoms with Crippen LogP contribution in [-0.4, -0.2) is 11.2 Å². The number of rotatable bonds is 3. The third kappa shape index (κ3) is 2.82. The smallest absolute Gasteiger partial charge is 0.0514 e. The van der Waals surface area contributed by atoms with E-state index in [0.717, 1.165) is 36.0 Å². The van der Waals surface area contributed by atoms with Crippen LogP contribution in [0.4, 0.5) is 0 Å². The lowest BCUT2D eigenvalue weighted by atomic mass is 9.44. The van der Waals surface area contributed by atoms with Crippen LogP contribution in [-0.2, 0) is 0 Å². The molecule has 1 nitrogen and oxygen atoms in total. The molecule has 0 radical (unpaired) electrons. The molecule has 0 bridgehead atoms. The molecule has 0 heterocycles. The summed E-state index contributed by atoms with van der Waals surface area (Å²) in [5.41, 5.74) is 1.24. The summed E-state index contributed by atoms with van der Waals surface area (Å²) >= 11 is 0. The van der Waals surface area contributed by atoms with Crippen molar-refractivity contribution >= 4 is 0 Å². The largest absolute Gasteiger partial charge is 0.393 e. The lowest BCUT2D eigenvalue weighted by molar-refractivity contribution is -0.115. The highest BCUT2D eigenvalue weighted by atomic mass is 16.3. The molecule has 4 fully saturated rings. The molecule has 4 rings (SSSR count). The Morgan fingerprint density at radius 3 is 2.36 bits per heavy atom. The SMILES string of the molecule is CC(O)C[C@@H](C)[C@H]1CC[C@H]2[C@@H]3CC[C@H]4CCCC[C@]4(C)[C@H]3CC[C@]12C. The fourth-order valence-corrected chi connectivity index (χ4v) is 8.97. The minimum Gasteiger partial charge on any atom is -0.393 e. The first-order valence-corrected chi connectivity index (χ1v) is 11.5. The topological polar surface area (TPSA) is 20.2 Å². The highest BCUT2D eigenvalue weighted by Gasteiger charge is 2.60. The van der Waals surface area contributed by atoms with E-state index in [1.54, 1.807) is 0 Å². The summed E-state index contributed by atoms with van der Waals surface area (Å²) in [6.45, 7) is 9.75. The molecule has 0 aliphatic heterocycles. The Kier molecular flexibility index (Phi) is 4.79. The van der Waals surface area contributed by atoms with Gasteiger partial charge in [-0.25, -0.2) is 0 Å². The van der Waals surface area contributed by atoms with Gasteiger partial charge in [0.05, 0.1) is 6.10 Å². The Hall–Kier alpha value is -0.0400. The van der Waals surface area contributed by atoms with E-state index in [1.165, 1.54) is 64.2 Å². The molecule has 4 saturated carbocycles. The maximum absolute atomic E-state index is 9.91. The molecule has 0 amide bonds. The number of aliphatic hydroxyl groups is 1. The highest BCUT2D eigenvalue weighted by Crippen LogP contribution is 2.68. The Bertz CT molecular complexity index is 484. The fourth-order valence-electron chi connectivity index (χ4n) is 8.97. The average molecular weight is 347 g/mol. The van der Waals surface area contributed by atoms with Gasteiger partial charge in [-0.3, -0.25) is 0 Å². The minimum absolute atomic E-state index is 0.134. The lowest BCUT2D eigenvalue weighted by Crippen LogP contribution is -2.53. The van der Waals surface area contributed by atoms with Crippen molar-refractivity contribution in [1.29, 1.82) is 0 Å². The van der Waals surface area contributed by atoms with Gasteiger partial charge < -0.3 is 5.11 Å². The maximum Gasteiger partial charge on any atom is 0.0514 e. The van der Waals surface area contributed by atoms with E-state index < -0.39 is 0 Å². The molecule has 0 saturated heterocycles. The summed E-state index contributed by atoms with van der Waals surface area (Å²) in [6, 6.07) is 0. The van der Waals surface area contributed by atoms with Crippen molar-refractivity contribution in [2.24, 2.45) is 46.3 Å². The molecule has 0 aromatic heterocycles. The van der Waals surface area contributed by atoms with Crippen molar-refractivity contribution in [2.75, 3.05) is 0 Å². The van der Waals surface area contributed by atoms with Crippen molar-refractivity contribution in [2.45, 2.75) is 104 Å². The Morgan fingerprint density at radius 2 is 1.60 bits per heavy atom. The van der Waals surface area contributed by atoms with Gasteiger partial charge in [-0.2, -0.15) is 0 Å². The first-order valence-electron chi connectivity index (χ1n) is 11.5. The molecule has 9 atom stereocenters. The predicted octanol–water partition coefficient (Wildman–Crippen LogP) is 6.44. The van der Waals surface area contributed by atoms with Gasteiger partial charge in [-0.15, -0.1) is 0 Å². The zero-order valence-corrected chi connectivity index (χ0v) is 17.3. The molecule has 0 spiro atoms. The van der Waals surface area contributed by atoms with Crippen molar-refractivity contribution in [3.63, 3.8) is 0 Å². The van der Waals surface area contributed by atoms with E-state index in [0.29, 0.717) is 16.7 Å². The second kappa shape index (κ2) is 6.54. The van der Waals surface area contributed by atoms with Gasteiger partial charge in [-0.1, -0.05) is 33.6 Å². The van der Waals surface area contributed by atoms with Crippen molar-refractivity contribution in [1.82, 2.24) is 0 Å². The van der Waals surface area contributed by atoms with Gasteiger partial charge in [-0.05, 0) is 111 Å². The highest BCUT2D eigenvalue weighted by molar-refractivity contribution is 5.09. The predicted molar refractivity (Wildman–Crippen MR) is 105 cm³/mol. The first-order chi connectivity index (χ1) is 11.9. The average Bonchev–Trinajstić information content (AvgIpc) is 2.91. The van der Waals surface area contributed by atoms with Gasteiger partial charge >= 0.3 is 0 Å². The van der Waals surface area contributed by atoms with Crippen molar-refractivity contribution < 1.29 is 5.11 Å². The Morgan fingerprint density at radius 1 is 0.840 bits per heavy atom. The van der Waals surface area contributed by atoms with Gasteiger partial charge in [0.2, 0.25) is 0 Å². The van der Waals surface area contributed by atoms with Crippen molar-refractivity contribution in [3.8, 4) is 0 Å². The van der Waals surface area contributed by atoms with Crippen LogP contribution in [0.3, 0.4) is 0 Å². The van der Waals surface area contributed by atoms with Crippen molar-refractivity contribution in [3.05, 3.63) is 0 Å². The van der Waals surface area contributed by atoms with Crippen LogP contribution in [0.25, 0.3) is 0 Å². The van der Waals surface area contributed by atoms with Crippen LogP contribution < -0.4 is 0 Å². The lowest BCUT2D eigenvalue weighted by Gasteiger charge is -2.61. The minimum atomic E-state index is -0.134. The second-order valence-electron chi connectivity index (χ2n) is 11.2. The molecule has 1 unspecified atom stereocenters. The maximum atomic E-state index is 9.91. The normalized spacial score (nSPS) is 52.0. The van der Waals surface area contributed by atoms with Crippen LogP contribution in [0.5, 0.6) is 0 Å². The second-order valence-corrected chi connectivity index (χ2v) is 11.2. The van der Waals surface area contributed by atoms with E-state index in [2.05, 4.69) is 20.8 Å². The fraction of sp³-hybridized carbons (Fsp3) is 1.00. The van der Waals surface area contributed by atoms with Crippen LogP contribution in [0, 0.1) is 46.3 Å². The summed E-state index contributed by atoms with van der Waals surface area (Å²) in [5.74, 6) is 5.60. The third-order valence-electron chi connectivity index (χ3n) is 10.1. The number of hydrogen-bond donors (Lipinski definition) is 1. The molecular weight excluding hydrogens is 304 g/mol. The number of aliphatic hydroxyl groups excluding tert-OH is 1. The molecule has 0 aromatic rings. The van der Waals surface area contributed by atoms with Gasteiger partial charge in [0.15, 0.2) is 0 Å². The molecule has 0 aromatic carbocycles. The van der Waals surface area contributed by atoms with E-state index >= 15 is 0 Å². The van der Waals surface area contributed by atoms with Crippen LogP contribution in [0.15, 0.2) is 0 Å². The van der Waals surface area contributed by atoms with E-state index in [9.17, 15) is 5.11 Å². The molecule has 4 aliphatic rings. The first kappa shape index (κ1) is 18.3. The summed E-state index contributed by atoms with van der Waals surface area (Å²) in [5, 5.41) is 9.91. The summed E-state index contributed by atoms with van der Waals surface area (Å²) in [4.78, 5) is 0. The Labute approximate surface area is 156 Å². The molecule has 4 aliphatic carbocycles. The molecular formula is C24H42O. The van der Waals surface area contributed by atoms with E-state index in [1.807, 2.05) is 6.92 Å². The van der Waals surface area contributed by atoms with Gasteiger partial charge in [0, 0.05) is 0 Å². The van der Waals surface area contributed by atoms with Gasteiger partial charge in [0.1, 0.15) is 0 Å². The number of fused-ring (bicyclic) bond motifs is 5. The quantitative estimate of drug-likeness (QED) is 0.623. The number of hydrogen-bond acceptors (Lipinski definition) is 1. The monoisotopic (exact) mass is 346 g/mol. The van der Waals surface area contributed by atoms with Crippen LogP contribution >= 0.6 is 0 Å². The summed E-state index contributed by atoms with van der Waals surface area (Å²) in [6.07, 6.45) is 15.8.